The fourth-order valence-corrected chi connectivity index (χ4v) is 3.18. The van der Waals surface area contributed by atoms with Gasteiger partial charge in [-0.15, -0.1) is 0 Å². The largest absolute Gasteiger partial charge is 0.550 e. The van der Waals surface area contributed by atoms with Crippen LogP contribution in [0.5, 0.6) is 5.75 Å². The molecule has 0 amide bonds. The van der Waals surface area contributed by atoms with Crippen molar-refractivity contribution in [2.24, 2.45) is 0 Å². The van der Waals surface area contributed by atoms with Gasteiger partial charge < -0.3 is 23.9 Å². The number of aliphatic carboxylic acids is 1. The van der Waals surface area contributed by atoms with Gasteiger partial charge in [0.05, 0.1) is 13.2 Å². The molecule has 1 aliphatic rings. The number of methoxy groups -OCH3 is 1. The van der Waals surface area contributed by atoms with Crippen LogP contribution in [0.1, 0.15) is 25.0 Å². The van der Waals surface area contributed by atoms with Crippen molar-refractivity contribution in [2.45, 2.75) is 38.3 Å². The van der Waals surface area contributed by atoms with Crippen molar-refractivity contribution >= 4 is 5.97 Å². The molecule has 1 saturated heterocycles. The summed E-state index contributed by atoms with van der Waals surface area (Å²) in [5, 5.41) is 10.8. The minimum Gasteiger partial charge on any atom is -0.550 e. The molecule has 1 aliphatic heterocycles. The first-order valence-corrected chi connectivity index (χ1v) is 8.31. The van der Waals surface area contributed by atoms with Crippen LogP contribution < -0.4 is 9.84 Å². The number of carbonyl (C=O) groups excluding carboxylic acids is 1. The van der Waals surface area contributed by atoms with Gasteiger partial charge in [-0.2, -0.15) is 0 Å². The Bertz CT molecular complexity index is 684. The van der Waals surface area contributed by atoms with Crippen molar-refractivity contribution in [3.63, 3.8) is 0 Å². The quantitative estimate of drug-likeness (QED) is 0.780. The monoisotopic (exact) mass is 328 g/mol. The molecular formula is C19H22NO4-. The lowest BCUT2D eigenvalue weighted by molar-refractivity contribution is -0.305. The molecular weight excluding hydrogens is 306 g/mol. The van der Waals surface area contributed by atoms with Crippen LogP contribution in [-0.2, 0) is 22.5 Å². The molecule has 1 aromatic carbocycles. The van der Waals surface area contributed by atoms with Gasteiger partial charge in [0.2, 0.25) is 0 Å². The van der Waals surface area contributed by atoms with E-state index in [1.165, 1.54) is 0 Å². The highest BCUT2D eigenvalue weighted by atomic mass is 16.5. The Labute approximate surface area is 141 Å². The summed E-state index contributed by atoms with van der Waals surface area (Å²) in [5.41, 5.74) is 3.15. The summed E-state index contributed by atoms with van der Waals surface area (Å²) in [5.74, 6) is -0.209. The van der Waals surface area contributed by atoms with E-state index in [2.05, 4.69) is 4.57 Å². The standard InChI is InChI=1S/C19H23NO4/c1-23-16-8-4-14(5-9-16)18-10-6-15(7-11-19(21)22)20(18)13-17-3-2-12-24-17/h4-6,8-10,17H,2-3,7,11-13H2,1H3,(H,21,22)/p-1/t17-/m0/s1. The molecule has 1 aromatic heterocycles. The van der Waals surface area contributed by atoms with Gasteiger partial charge in [-0.25, -0.2) is 0 Å². The number of nitrogens with zero attached hydrogens (tertiary/aromatic N) is 1. The Morgan fingerprint density at radius 2 is 2.08 bits per heavy atom. The van der Waals surface area contributed by atoms with Crippen LogP contribution in [0.2, 0.25) is 0 Å². The fraction of sp³-hybridized carbons (Fsp3) is 0.421. The van der Waals surface area contributed by atoms with Crippen molar-refractivity contribution in [3.05, 3.63) is 42.1 Å². The smallest absolute Gasteiger partial charge is 0.118 e. The van der Waals surface area contributed by atoms with Crippen LogP contribution >= 0.6 is 0 Å². The number of carbonyl (C=O) groups is 1. The van der Waals surface area contributed by atoms with Crippen molar-refractivity contribution in [2.75, 3.05) is 13.7 Å². The molecule has 0 spiro atoms. The second-order valence-corrected chi connectivity index (χ2v) is 6.06. The van der Waals surface area contributed by atoms with Gasteiger partial charge in [0, 0.05) is 30.5 Å². The maximum atomic E-state index is 10.8. The third-order valence-corrected chi connectivity index (χ3v) is 4.45. The van der Waals surface area contributed by atoms with Crippen molar-refractivity contribution in [1.29, 1.82) is 0 Å². The fourth-order valence-electron chi connectivity index (χ4n) is 3.18. The average molecular weight is 328 g/mol. The van der Waals surface area contributed by atoms with Crippen LogP contribution in [0.3, 0.4) is 0 Å². The third-order valence-electron chi connectivity index (χ3n) is 4.45. The van der Waals surface area contributed by atoms with E-state index in [4.69, 9.17) is 9.47 Å². The minimum absolute atomic E-state index is 0.0254. The molecule has 2 aromatic rings. The first-order valence-electron chi connectivity index (χ1n) is 8.31. The van der Waals surface area contributed by atoms with Gasteiger partial charge in [-0.3, -0.25) is 0 Å². The first-order chi connectivity index (χ1) is 11.7. The van der Waals surface area contributed by atoms with Crippen LogP contribution in [0, 0.1) is 0 Å². The number of carboxylic acid groups (broad SMARTS) is 1. The van der Waals surface area contributed by atoms with Crippen LogP contribution in [-0.4, -0.2) is 30.4 Å². The molecule has 1 fully saturated rings. The highest BCUT2D eigenvalue weighted by molar-refractivity contribution is 5.65. The molecule has 0 saturated carbocycles. The topological polar surface area (TPSA) is 63.5 Å². The lowest BCUT2D eigenvalue weighted by atomic mass is 10.1. The van der Waals surface area contributed by atoms with E-state index in [0.29, 0.717) is 6.42 Å². The number of benzene rings is 1. The first kappa shape index (κ1) is 16.6. The minimum atomic E-state index is -1.02. The molecule has 5 heteroatoms. The van der Waals surface area contributed by atoms with Crippen molar-refractivity contribution in [3.8, 4) is 17.0 Å². The van der Waals surface area contributed by atoms with E-state index in [-0.39, 0.29) is 12.5 Å². The van der Waals surface area contributed by atoms with Crippen molar-refractivity contribution in [1.82, 2.24) is 4.57 Å². The summed E-state index contributed by atoms with van der Waals surface area (Å²) in [4.78, 5) is 10.8. The Balaban J connectivity index is 1.89. The number of hydrogen-bond donors (Lipinski definition) is 0. The summed E-state index contributed by atoms with van der Waals surface area (Å²) in [7, 11) is 1.65. The van der Waals surface area contributed by atoms with Crippen LogP contribution in [0.25, 0.3) is 11.3 Å². The predicted octanol–water partition coefficient (Wildman–Crippen LogP) is 2.03. The average Bonchev–Trinajstić information content (AvgIpc) is 3.23. The van der Waals surface area contributed by atoms with E-state index < -0.39 is 5.97 Å². The van der Waals surface area contributed by atoms with Crippen LogP contribution in [0.15, 0.2) is 36.4 Å². The van der Waals surface area contributed by atoms with Gasteiger partial charge in [-0.1, -0.05) is 0 Å². The van der Waals surface area contributed by atoms with Gasteiger partial charge in [0.1, 0.15) is 5.75 Å². The van der Waals surface area contributed by atoms with Crippen molar-refractivity contribution < 1.29 is 19.4 Å². The lowest BCUT2D eigenvalue weighted by Gasteiger charge is -2.18. The van der Waals surface area contributed by atoms with Gasteiger partial charge in [0.15, 0.2) is 0 Å². The molecule has 0 bridgehead atoms. The van der Waals surface area contributed by atoms with E-state index in [1.807, 2.05) is 36.4 Å². The van der Waals surface area contributed by atoms with E-state index in [9.17, 15) is 9.90 Å². The maximum absolute atomic E-state index is 10.8. The summed E-state index contributed by atoms with van der Waals surface area (Å²) in [6, 6.07) is 11.9. The van der Waals surface area contributed by atoms with E-state index in [1.54, 1.807) is 7.11 Å². The Hall–Kier alpha value is -2.27. The van der Waals surface area contributed by atoms with Gasteiger partial charge >= 0.3 is 0 Å². The Morgan fingerprint density at radius 3 is 2.71 bits per heavy atom. The highest BCUT2D eigenvalue weighted by Gasteiger charge is 2.19. The number of aromatic nitrogens is 1. The molecule has 5 nitrogen and oxygen atoms in total. The highest BCUT2D eigenvalue weighted by Crippen LogP contribution is 2.27. The summed E-state index contributed by atoms with van der Waals surface area (Å²) < 4.78 is 13.2. The van der Waals surface area contributed by atoms with Gasteiger partial charge in [-0.05, 0) is 67.6 Å². The number of rotatable bonds is 7. The Morgan fingerprint density at radius 1 is 1.29 bits per heavy atom. The van der Waals surface area contributed by atoms with Gasteiger partial charge in [0.25, 0.3) is 0 Å². The van der Waals surface area contributed by atoms with Crippen LogP contribution in [0.4, 0.5) is 0 Å². The molecule has 24 heavy (non-hydrogen) atoms. The van der Waals surface area contributed by atoms with E-state index >= 15 is 0 Å². The molecule has 2 heterocycles. The molecule has 3 rings (SSSR count). The number of carboxylic acids is 1. The molecule has 0 radical (unpaired) electrons. The summed E-state index contributed by atoms with van der Waals surface area (Å²) in [6.07, 6.45) is 2.80. The molecule has 0 N–H and O–H groups in total. The molecule has 0 aliphatic carbocycles. The zero-order valence-electron chi connectivity index (χ0n) is 13.9. The number of hydrogen-bond acceptors (Lipinski definition) is 4. The number of ether oxygens (including phenoxy) is 2. The maximum Gasteiger partial charge on any atom is 0.118 e. The zero-order chi connectivity index (χ0) is 16.9. The SMILES string of the molecule is COc1ccc(-c2ccc(CCC(=O)[O-])n2C[C@@H]2CCCO2)cc1. The zero-order valence-corrected chi connectivity index (χ0v) is 13.9. The molecule has 128 valence electrons. The molecule has 0 unspecified atom stereocenters. The Kier molecular flexibility index (Phi) is 5.20. The third kappa shape index (κ3) is 3.79. The number of aryl methyl sites for hydroxylation is 1. The normalized spacial score (nSPS) is 17.1. The molecule has 1 atom stereocenters. The van der Waals surface area contributed by atoms with E-state index in [0.717, 1.165) is 48.7 Å². The second-order valence-electron chi connectivity index (χ2n) is 6.06. The lowest BCUT2D eigenvalue weighted by Crippen LogP contribution is -2.23. The summed E-state index contributed by atoms with van der Waals surface area (Å²) >= 11 is 0. The summed E-state index contributed by atoms with van der Waals surface area (Å²) in [6.45, 7) is 1.55. The predicted molar refractivity (Wildman–Crippen MR) is 88.7 cm³/mol. The second kappa shape index (κ2) is 7.53.